The number of ether oxygens (including phenoxy) is 3. The Hall–Kier alpha value is -8.49. The molecule has 2 atom stereocenters. The van der Waals surface area contributed by atoms with E-state index in [-0.39, 0.29) is 70.8 Å². The molecule has 19 heteroatoms. The van der Waals surface area contributed by atoms with Gasteiger partial charge in [0, 0.05) is 71.6 Å². The van der Waals surface area contributed by atoms with E-state index in [1.54, 1.807) is 72.8 Å². The summed E-state index contributed by atoms with van der Waals surface area (Å²) in [5, 5.41) is 31.7. The van der Waals surface area contributed by atoms with Crippen LogP contribution in [-0.2, 0) is 32.7 Å². The molecule has 0 saturated carbocycles. The quantitative estimate of drug-likeness (QED) is 0.0154. The van der Waals surface area contributed by atoms with Crippen LogP contribution >= 0.6 is 19.2 Å². The summed E-state index contributed by atoms with van der Waals surface area (Å²) in [6.07, 6.45) is 2.69. The lowest BCUT2D eigenvalue weighted by Gasteiger charge is -2.36. The van der Waals surface area contributed by atoms with Crippen LogP contribution in [0.4, 0.5) is 4.39 Å². The Morgan fingerprint density at radius 1 is 0.709 bits per heavy atom. The molecule has 2 aliphatic heterocycles. The largest absolute Gasteiger partial charge is 0.508 e. The first-order valence-electron chi connectivity index (χ1n) is 25.2. The number of nitrogens with one attached hydrogen (secondary N) is 4. The van der Waals surface area contributed by atoms with Crippen LogP contribution in [0.1, 0.15) is 101 Å². The molecule has 0 fully saturated rings. The number of carbonyl (C=O) groups excluding carboxylic acids is 4. The number of rotatable bonds is 20. The van der Waals surface area contributed by atoms with E-state index in [0.717, 1.165) is 11.6 Å². The highest BCUT2D eigenvalue weighted by Gasteiger charge is 2.54. The maximum absolute atomic E-state index is 14.0. The molecule has 1 spiro atoms. The third-order valence-corrected chi connectivity index (χ3v) is 14.7. The van der Waals surface area contributed by atoms with Crippen molar-refractivity contribution in [3.8, 4) is 40.6 Å². The number of esters is 1. The van der Waals surface area contributed by atoms with Crippen molar-refractivity contribution in [1.29, 1.82) is 0 Å². The van der Waals surface area contributed by atoms with E-state index in [0.29, 0.717) is 71.4 Å². The fourth-order valence-electron chi connectivity index (χ4n) is 9.46. The van der Waals surface area contributed by atoms with E-state index in [2.05, 4.69) is 33.1 Å². The van der Waals surface area contributed by atoms with Crippen molar-refractivity contribution < 1.29 is 62.3 Å². The van der Waals surface area contributed by atoms with Crippen LogP contribution in [0.2, 0.25) is 5.02 Å². The van der Waals surface area contributed by atoms with Crippen LogP contribution in [0, 0.1) is 17.7 Å². The number of hydrogen-bond donors (Lipinski definition) is 8. The van der Waals surface area contributed by atoms with Gasteiger partial charge < -0.3 is 50.2 Å². The first kappa shape index (κ1) is 55.3. The minimum absolute atomic E-state index is 0.0517. The Kier molecular flexibility index (Phi) is 17.1. The van der Waals surface area contributed by atoms with Gasteiger partial charge in [0.15, 0.2) is 5.60 Å². The molecule has 2 heterocycles. The molecule has 8 N–H and O–H groups in total. The van der Waals surface area contributed by atoms with E-state index in [1.165, 1.54) is 42.5 Å². The molecule has 0 bridgehead atoms. The minimum Gasteiger partial charge on any atom is -0.508 e. The average molecular weight is 1110 g/mol. The fourth-order valence-corrected chi connectivity index (χ4v) is 10.5. The molecular formula is C60H53ClFN4O12P. The van der Waals surface area contributed by atoms with Crippen LogP contribution in [-0.4, -0.2) is 69.4 Å². The second-order valence-electron chi connectivity index (χ2n) is 18.8. The second kappa shape index (κ2) is 24.5. The number of hydrogen-bond acceptors (Lipinski definition) is 11. The summed E-state index contributed by atoms with van der Waals surface area (Å²) in [6.45, 7) is 0.809. The number of halogens is 2. The zero-order valence-corrected chi connectivity index (χ0v) is 43.9. The summed E-state index contributed by atoms with van der Waals surface area (Å²) in [7, 11) is -4.61. The lowest BCUT2D eigenvalue weighted by Crippen LogP contribution is -2.48. The summed E-state index contributed by atoms with van der Waals surface area (Å²) in [5.74, 6) is 2.60. The van der Waals surface area contributed by atoms with Gasteiger partial charge in [0.05, 0.1) is 10.6 Å². The zero-order chi connectivity index (χ0) is 55.7. The number of unbranched alkanes of at least 4 members (excludes halogenated alkanes) is 3. The van der Waals surface area contributed by atoms with Crippen molar-refractivity contribution in [3.63, 3.8) is 0 Å². The van der Waals surface area contributed by atoms with Crippen molar-refractivity contribution in [2.75, 3.05) is 19.7 Å². The van der Waals surface area contributed by atoms with Crippen LogP contribution < -0.4 is 30.7 Å². The molecule has 16 nitrogen and oxygen atoms in total. The smallest absolute Gasteiger partial charge is 0.346 e. The topological polar surface area (TPSA) is 242 Å². The number of carbonyl (C=O) groups is 4. The molecule has 2 unspecified atom stereocenters. The van der Waals surface area contributed by atoms with Crippen molar-refractivity contribution in [2.45, 2.75) is 56.1 Å². The predicted octanol–water partition coefficient (Wildman–Crippen LogP) is 9.30. The average Bonchev–Trinajstić information content (AvgIpc) is 3.25. The molecule has 0 radical (unpaired) electrons. The highest BCUT2D eigenvalue weighted by molar-refractivity contribution is 7.52. The lowest BCUT2D eigenvalue weighted by atomic mass is 9.77. The first-order valence-corrected chi connectivity index (χ1v) is 27.3. The molecule has 3 amide bonds. The Bertz CT molecular complexity index is 3520. The third kappa shape index (κ3) is 13.1. The van der Waals surface area contributed by atoms with Crippen LogP contribution in [0.5, 0.6) is 28.7 Å². The number of phenols is 2. The number of benzene rings is 7. The van der Waals surface area contributed by atoms with Gasteiger partial charge in [-0.25, -0.2) is 9.18 Å². The van der Waals surface area contributed by atoms with E-state index < -0.39 is 54.5 Å². The monoisotopic (exact) mass is 1110 g/mol. The molecule has 0 saturated heterocycles. The minimum atomic E-state index is -4.61. The summed E-state index contributed by atoms with van der Waals surface area (Å²) in [6, 6.07) is 39.0. The van der Waals surface area contributed by atoms with Crippen molar-refractivity contribution >= 4 is 42.9 Å². The van der Waals surface area contributed by atoms with E-state index in [9.17, 15) is 48.1 Å². The van der Waals surface area contributed by atoms with E-state index in [4.69, 9.17) is 25.8 Å². The molecule has 9 rings (SSSR count). The van der Waals surface area contributed by atoms with Crippen molar-refractivity contribution in [1.82, 2.24) is 21.3 Å². The van der Waals surface area contributed by atoms with Crippen molar-refractivity contribution in [2.24, 2.45) is 0 Å². The molecule has 2 aliphatic rings. The number of aromatic hydroxyl groups is 2. The summed E-state index contributed by atoms with van der Waals surface area (Å²) < 4.78 is 44.4. The van der Waals surface area contributed by atoms with Gasteiger partial charge in [0.2, 0.25) is 5.91 Å². The Labute approximate surface area is 459 Å². The SMILES string of the molecule is O=C(NCCCCCCNC(=O)C(Cc1cccc(C#CCOc2cccc(C(NCc3ccccc3)P(=O)(O)O)c2)c1)NC(=O)c1ccc(F)c(Cl)c1)c1ccc2c(c1)C(=O)OC21c2ccc(O)cc2Oc2cc(O)ccc21. The number of amides is 3. The molecule has 0 aromatic heterocycles. The predicted molar refractivity (Wildman–Crippen MR) is 292 cm³/mol. The summed E-state index contributed by atoms with van der Waals surface area (Å²) >= 11 is 5.97. The highest BCUT2D eigenvalue weighted by atomic mass is 35.5. The van der Waals surface area contributed by atoms with Crippen molar-refractivity contribution in [3.05, 3.63) is 218 Å². The lowest BCUT2D eigenvalue weighted by molar-refractivity contribution is -0.123. The molecule has 0 aliphatic carbocycles. The molecular weight excluding hydrogens is 1050 g/mol. The summed E-state index contributed by atoms with van der Waals surface area (Å²) in [4.78, 5) is 74.3. The first-order chi connectivity index (χ1) is 38.0. The van der Waals surface area contributed by atoms with E-state index >= 15 is 0 Å². The van der Waals surface area contributed by atoms with Gasteiger partial charge in [-0.1, -0.05) is 96.9 Å². The van der Waals surface area contributed by atoms with Gasteiger partial charge in [0.1, 0.15) is 53.0 Å². The van der Waals surface area contributed by atoms with Crippen LogP contribution in [0.15, 0.2) is 152 Å². The van der Waals surface area contributed by atoms with Gasteiger partial charge >= 0.3 is 13.6 Å². The Morgan fingerprint density at radius 2 is 1.37 bits per heavy atom. The number of fused-ring (bicyclic) bond motifs is 6. The van der Waals surface area contributed by atoms with Gasteiger partial charge in [-0.05, 0) is 108 Å². The van der Waals surface area contributed by atoms with Gasteiger partial charge in [-0.2, -0.15) is 0 Å². The van der Waals surface area contributed by atoms with Gasteiger partial charge in [0.25, 0.3) is 11.8 Å². The fraction of sp³-hybridized carbons (Fsp3) is 0.200. The zero-order valence-electron chi connectivity index (χ0n) is 42.2. The highest BCUT2D eigenvalue weighted by Crippen LogP contribution is 2.57. The number of phenolic OH excluding ortho intramolecular Hbond substituents is 2. The normalized spacial score (nSPS) is 13.5. The molecule has 7 aromatic carbocycles. The Morgan fingerprint density at radius 3 is 2.08 bits per heavy atom. The second-order valence-corrected chi connectivity index (χ2v) is 20.9. The summed E-state index contributed by atoms with van der Waals surface area (Å²) in [5.41, 5.74) is 2.93. The molecule has 404 valence electrons. The standard InChI is InChI=1S/C60H53ClFN4O12P/c61-50-33-41(19-25-51(50)62)56(70)66-52(30-39-14-8-13-37(29-39)15-10-28-76-45-17-9-16-42(31-45)58(79(73,74)75)65-36-38-11-4-3-5-12-38)57(71)64-27-7-2-1-6-26-63-55(69)40-18-22-47-46(32-40)59(72)78-60(47)48-23-20-43(67)34-53(48)77-54-35-44(68)21-24-49(54)60/h3-5,8-9,11-14,16-25,29,31-35,52,58,65,67-68H,1-2,6-7,26-28,30,36H2,(H,63,69)(H,64,71)(H,66,70)(H2,73,74,75). The van der Waals surface area contributed by atoms with Gasteiger partial charge in [-0.3, -0.25) is 24.3 Å². The van der Waals surface area contributed by atoms with Crippen LogP contribution in [0.25, 0.3) is 0 Å². The maximum Gasteiger partial charge on any atom is 0.346 e. The molecule has 79 heavy (non-hydrogen) atoms. The maximum atomic E-state index is 14.0. The third-order valence-electron chi connectivity index (χ3n) is 13.3. The van der Waals surface area contributed by atoms with Gasteiger partial charge in [-0.15, -0.1) is 0 Å². The Balaban J connectivity index is 0.767. The van der Waals surface area contributed by atoms with E-state index in [1.807, 2.05) is 30.3 Å². The molecule has 7 aromatic rings. The van der Waals surface area contributed by atoms with Crippen LogP contribution in [0.3, 0.4) is 0 Å².